The second-order valence-corrected chi connectivity index (χ2v) is 6.78. The maximum atomic E-state index is 14.9. The molecule has 0 aliphatic carbocycles. The molecular weight excluding hydrogens is 390 g/mol. The molecule has 0 unspecified atom stereocenters. The van der Waals surface area contributed by atoms with Gasteiger partial charge in [-0.2, -0.15) is 8.78 Å². The van der Waals surface area contributed by atoms with Crippen molar-refractivity contribution in [2.75, 3.05) is 54.1 Å². The predicted molar refractivity (Wildman–Crippen MR) is 110 cm³/mol. The van der Waals surface area contributed by atoms with Crippen molar-refractivity contribution in [3.63, 3.8) is 0 Å². The molecule has 1 aromatic rings. The van der Waals surface area contributed by atoms with E-state index in [0.29, 0.717) is 31.9 Å². The van der Waals surface area contributed by atoms with Crippen LogP contribution in [0.25, 0.3) is 0 Å². The van der Waals surface area contributed by atoms with E-state index in [0.717, 1.165) is 12.8 Å². The van der Waals surface area contributed by atoms with Gasteiger partial charge in [0.25, 0.3) is 5.92 Å². The number of nitrogens with zero attached hydrogens (tertiary/aromatic N) is 2. The van der Waals surface area contributed by atoms with Gasteiger partial charge in [-0.1, -0.05) is 25.5 Å². The quantitative estimate of drug-likeness (QED) is 0.453. The van der Waals surface area contributed by atoms with Gasteiger partial charge >= 0.3 is 0 Å². The lowest BCUT2D eigenvalue weighted by Crippen LogP contribution is -2.42. The van der Waals surface area contributed by atoms with Gasteiger partial charge in [0.05, 0.1) is 19.7 Å². The van der Waals surface area contributed by atoms with Crippen molar-refractivity contribution in [3.05, 3.63) is 29.8 Å². The number of alkyl halides is 2. The van der Waals surface area contributed by atoms with Gasteiger partial charge in [-0.3, -0.25) is 9.69 Å². The third kappa shape index (κ3) is 9.66. The van der Waals surface area contributed by atoms with E-state index in [1.54, 1.807) is 33.3 Å². The maximum absolute atomic E-state index is 14.9. The molecule has 0 N–H and O–H groups in total. The molecule has 0 aliphatic rings. The average molecular weight is 423 g/mol. The van der Waals surface area contributed by atoms with E-state index < -0.39 is 12.5 Å². The number of carbonyl (C=O) groups is 1. The fourth-order valence-corrected chi connectivity index (χ4v) is 2.50. The smallest absolute Gasteiger partial charge is 0.285 e. The van der Waals surface area contributed by atoms with E-state index in [2.05, 4.69) is 0 Å². The summed E-state index contributed by atoms with van der Waals surface area (Å²) in [6, 6.07) is 6.04. The Morgan fingerprint density at radius 1 is 1.18 bits per heavy atom. The van der Waals surface area contributed by atoms with Gasteiger partial charge < -0.3 is 14.4 Å². The Bertz CT molecular complexity index is 574. The van der Waals surface area contributed by atoms with E-state index in [4.69, 9.17) is 9.47 Å². The van der Waals surface area contributed by atoms with E-state index in [1.165, 1.54) is 21.9 Å². The normalized spacial score (nSPS) is 11.2. The van der Waals surface area contributed by atoms with E-state index in [1.807, 2.05) is 6.92 Å². The van der Waals surface area contributed by atoms with Crippen molar-refractivity contribution in [2.24, 2.45) is 0 Å². The predicted octanol–water partition coefficient (Wildman–Crippen LogP) is 3.81. The molecule has 1 amide bonds. The Labute approximate surface area is 173 Å². The van der Waals surface area contributed by atoms with Gasteiger partial charge in [-0.15, -0.1) is 12.4 Å². The minimum Gasteiger partial charge on any atom is -0.494 e. The Hall–Kier alpha value is -1.44. The molecule has 0 aliphatic heterocycles. The van der Waals surface area contributed by atoms with Crippen LogP contribution in [0.1, 0.15) is 31.7 Å². The Morgan fingerprint density at radius 3 is 2.50 bits per heavy atom. The zero-order valence-corrected chi connectivity index (χ0v) is 18.1. The molecule has 28 heavy (non-hydrogen) atoms. The lowest BCUT2D eigenvalue weighted by Gasteiger charge is -2.28. The number of methoxy groups -OCH3 is 1. The zero-order valence-electron chi connectivity index (χ0n) is 17.2. The Morgan fingerprint density at radius 2 is 1.89 bits per heavy atom. The first-order chi connectivity index (χ1) is 12.8. The summed E-state index contributed by atoms with van der Waals surface area (Å²) in [5, 5.41) is 0. The van der Waals surface area contributed by atoms with Crippen LogP contribution < -0.4 is 4.74 Å². The van der Waals surface area contributed by atoms with Crippen molar-refractivity contribution in [3.8, 4) is 5.75 Å². The van der Waals surface area contributed by atoms with Crippen LogP contribution in [0.2, 0.25) is 0 Å². The standard InChI is InChI=1S/C20H32F2N2O3.ClH/c1-5-6-13-27-18-10-7-9-17(14-18)20(21,22)16-24(11-8-12-26-4)15-19(25)23(2)3;/h7,9-10,14H,5-6,8,11-13,15-16H2,1-4H3;1H. The first-order valence-electron chi connectivity index (χ1n) is 9.32. The van der Waals surface area contributed by atoms with Gasteiger partial charge in [0, 0.05) is 39.9 Å². The molecule has 0 aromatic heterocycles. The second-order valence-electron chi connectivity index (χ2n) is 6.78. The van der Waals surface area contributed by atoms with E-state index in [9.17, 15) is 13.6 Å². The average Bonchev–Trinajstić information content (AvgIpc) is 2.62. The van der Waals surface area contributed by atoms with Crippen LogP contribution in [0.4, 0.5) is 8.78 Å². The molecule has 8 heteroatoms. The highest BCUT2D eigenvalue weighted by Crippen LogP contribution is 2.31. The number of hydrogen-bond acceptors (Lipinski definition) is 4. The van der Waals surface area contributed by atoms with Crippen molar-refractivity contribution in [1.29, 1.82) is 0 Å². The van der Waals surface area contributed by atoms with Crippen LogP contribution in [0.5, 0.6) is 5.75 Å². The van der Waals surface area contributed by atoms with Gasteiger partial charge in [0.1, 0.15) is 5.75 Å². The van der Waals surface area contributed by atoms with Crippen molar-refractivity contribution >= 4 is 18.3 Å². The summed E-state index contributed by atoms with van der Waals surface area (Å²) >= 11 is 0. The number of benzene rings is 1. The van der Waals surface area contributed by atoms with Gasteiger partial charge in [-0.25, -0.2) is 0 Å². The number of rotatable bonds is 13. The maximum Gasteiger partial charge on any atom is 0.285 e. The van der Waals surface area contributed by atoms with Crippen molar-refractivity contribution < 1.29 is 23.0 Å². The second kappa shape index (κ2) is 13.7. The first kappa shape index (κ1) is 26.6. The van der Waals surface area contributed by atoms with Gasteiger partial charge in [-0.05, 0) is 25.0 Å². The lowest BCUT2D eigenvalue weighted by atomic mass is 10.1. The summed E-state index contributed by atoms with van der Waals surface area (Å²) in [6.45, 7) is 2.77. The van der Waals surface area contributed by atoms with Crippen LogP contribution in [0.3, 0.4) is 0 Å². The number of ether oxygens (including phenoxy) is 2. The van der Waals surface area contributed by atoms with Crippen molar-refractivity contribution in [2.45, 2.75) is 32.1 Å². The highest BCUT2D eigenvalue weighted by atomic mass is 35.5. The van der Waals surface area contributed by atoms with Crippen LogP contribution in [-0.2, 0) is 15.5 Å². The molecule has 0 saturated carbocycles. The summed E-state index contributed by atoms with van der Waals surface area (Å²) in [4.78, 5) is 14.9. The van der Waals surface area contributed by atoms with E-state index >= 15 is 0 Å². The molecule has 0 radical (unpaired) electrons. The minimum atomic E-state index is -3.09. The minimum absolute atomic E-state index is 0. The molecule has 0 bridgehead atoms. The SMILES string of the molecule is CCCCOc1cccc(C(F)(F)CN(CCCOC)CC(=O)N(C)C)c1.Cl. The van der Waals surface area contributed by atoms with Gasteiger partial charge in [0.15, 0.2) is 0 Å². The highest BCUT2D eigenvalue weighted by molar-refractivity contribution is 5.85. The molecule has 0 saturated heterocycles. The third-order valence-electron chi connectivity index (χ3n) is 4.13. The summed E-state index contributed by atoms with van der Waals surface area (Å²) in [6.07, 6.45) is 2.43. The summed E-state index contributed by atoms with van der Waals surface area (Å²) in [5.74, 6) is -2.86. The molecule has 0 heterocycles. The first-order valence-corrected chi connectivity index (χ1v) is 9.32. The van der Waals surface area contributed by atoms with Crippen LogP contribution in [-0.4, -0.2) is 69.8 Å². The molecular formula is C20H33ClF2N2O3. The number of hydrogen-bond donors (Lipinski definition) is 0. The van der Waals surface area contributed by atoms with Crippen molar-refractivity contribution in [1.82, 2.24) is 9.80 Å². The monoisotopic (exact) mass is 422 g/mol. The highest BCUT2D eigenvalue weighted by Gasteiger charge is 2.35. The number of carbonyl (C=O) groups excluding carboxylic acids is 1. The molecule has 5 nitrogen and oxygen atoms in total. The van der Waals surface area contributed by atoms with E-state index in [-0.39, 0.29) is 30.4 Å². The fourth-order valence-electron chi connectivity index (χ4n) is 2.50. The number of halogens is 3. The largest absolute Gasteiger partial charge is 0.494 e. The number of amides is 1. The van der Waals surface area contributed by atoms with Crippen LogP contribution in [0.15, 0.2) is 24.3 Å². The Kier molecular flexibility index (Phi) is 13.0. The molecule has 0 fully saturated rings. The fraction of sp³-hybridized carbons (Fsp3) is 0.650. The van der Waals surface area contributed by atoms with Crippen LogP contribution >= 0.6 is 12.4 Å². The lowest BCUT2D eigenvalue weighted by molar-refractivity contribution is -0.131. The molecule has 1 aromatic carbocycles. The summed E-state index contributed by atoms with van der Waals surface area (Å²) in [5.41, 5.74) is -0.106. The molecule has 162 valence electrons. The summed E-state index contributed by atoms with van der Waals surface area (Å²) in [7, 11) is 4.80. The molecule has 0 spiro atoms. The Balaban J connectivity index is 0.00000729. The molecule has 1 rings (SSSR count). The zero-order chi connectivity index (χ0) is 20.3. The third-order valence-corrected chi connectivity index (χ3v) is 4.13. The topological polar surface area (TPSA) is 42.0 Å². The molecule has 0 atom stereocenters. The number of likely N-dealkylation sites (N-methyl/N-ethyl adjacent to an activating group) is 1. The summed E-state index contributed by atoms with van der Waals surface area (Å²) < 4.78 is 40.3. The van der Waals surface area contributed by atoms with Gasteiger partial charge in [0.2, 0.25) is 5.91 Å². The number of unbranched alkanes of at least 4 members (excludes halogenated alkanes) is 1. The van der Waals surface area contributed by atoms with Crippen LogP contribution in [0, 0.1) is 0 Å².